The first-order chi connectivity index (χ1) is 9.69. The molecule has 6 heteroatoms. The molecule has 1 rings (SSSR count). The fraction of sp³-hybridized carbons (Fsp3) is 0.571. The van der Waals surface area contributed by atoms with Crippen molar-refractivity contribution in [1.82, 2.24) is 5.32 Å². The first kappa shape index (κ1) is 17.9. The van der Waals surface area contributed by atoms with Gasteiger partial charge in [0.25, 0.3) is 0 Å². The molecule has 0 fully saturated rings. The average Bonchev–Trinajstić information content (AvgIpc) is 2.41. The van der Waals surface area contributed by atoms with Gasteiger partial charge in [-0.25, -0.2) is 0 Å². The second-order valence-electron chi connectivity index (χ2n) is 4.23. The standard InChI is InChI=1S/C14H21Br2NO3/c1-18-6-7-20-5-3-4-17-10-11-8-12(15)14(19-2)13(16)9-11/h8-9,17H,3-7,10H2,1-2H3. The third-order valence-electron chi connectivity index (χ3n) is 2.67. The first-order valence-corrected chi connectivity index (χ1v) is 8.07. The highest BCUT2D eigenvalue weighted by molar-refractivity contribution is 9.11. The zero-order chi connectivity index (χ0) is 14.8. The Bertz CT molecular complexity index is 379. The molecule has 0 aromatic heterocycles. The van der Waals surface area contributed by atoms with Crippen LogP contribution in [-0.2, 0) is 16.0 Å². The van der Waals surface area contributed by atoms with Gasteiger partial charge in [0, 0.05) is 20.3 Å². The minimum absolute atomic E-state index is 0.654. The molecule has 114 valence electrons. The van der Waals surface area contributed by atoms with E-state index in [0.29, 0.717) is 13.2 Å². The predicted octanol–water partition coefficient (Wildman–Crippen LogP) is 3.36. The maximum Gasteiger partial charge on any atom is 0.147 e. The monoisotopic (exact) mass is 409 g/mol. The first-order valence-electron chi connectivity index (χ1n) is 6.48. The molecule has 20 heavy (non-hydrogen) atoms. The lowest BCUT2D eigenvalue weighted by atomic mass is 10.2. The van der Waals surface area contributed by atoms with Crippen LogP contribution >= 0.6 is 31.9 Å². The number of halogens is 2. The summed E-state index contributed by atoms with van der Waals surface area (Å²) in [4.78, 5) is 0. The van der Waals surface area contributed by atoms with Crippen LogP contribution in [0.5, 0.6) is 5.75 Å². The number of rotatable bonds is 10. The molecule has 0 aliphatic rings. The predicted molar refractivity (Wildman–Crippen MR) is 87.4 cm³/mol. The summed E-state index contributed by atoms with van der Waals surface area (Å²) in [5.74, 6) is 0.820. The van der Waals surface area contributed by atoms with Crippen LogP contribution in [0.25, 0.3) is 0 Å². The zero-order valence-corrected chi connectivity index (χ0v) is 15.1. The van der Waals surface area contributed by atoms with Crippen molar-refractivity contribution in [1.29, 1.82) is 0 Å². The van der Waals surface area contributed by atoms with E-state index in [1.54, 1.807) is 14.2 Å². The Hall–Kier alpha value is -0.140. The molecule has 0 aliphatic heterocycles. The van der Waals surface area contributed by atoms with Gasteiger partial charge in [-0.05, 0) is 62.5 Å². The van der Waals surface area contributed by atoms with E-state index in [0.717, 1.165) is 40.8 Å². The van der Waals surface area contributed by atoms with E-state index in [1.165, 1.54) is 5.56 Å². The Morgan fingerprint density at radius 1 is 1.05 bits per heavy atom. The van der Waals surface area contributed by atoms with Gasteiger partial charge in [0.15, 0.2) is 0 Å². The smallest absolute Gasteiger partial charge is 0.147 e. The Labute approximate surface area is 137 Å². The average molecular weight is 411 g/mol. The van der Waals surface area contributed by atoms with Gasteiger partial charge in [-0.1, -0.05) is 0 Å². The highest BCUT2D eigenvalue weighted by atomic mass is 79.9. The summed E-state index contributed by atoms with van der Waals surface area (Å²) in [6.45, 7) is 3.82. The maximum atomic E-state index is 5.40. The second-order valence-corrected chi connectivity index (χ2v) is 5.94. The van der Waals surface area contributed by atoms with Crippen LogP contribution in [-0.4, -0.2) is 40.6 Å². The van der Waals surface area contributed by atoms with Crippen LogP contribution in [0.2, 0.25) is 0 Å². The number of ether oxygens (including phenoxy) is 3. The normalized spacial score (nSPS) is 10.8. The fourth-order valence-corrected chi connectivity index (χ4v) is 3.29. The van der Waals surface area contributed by atoms with Crippen molar-refractivity contribution in [3.05, 3.63) is 26.6 Å². The van der Waals surface area contributed by atoms with E-state index in [1.807, 2.05) is 0 Å². The van der Waals surface area contributed by atoms with Gasteiger partial charge in [0.05, 0.1) is 29.3 Å². The van der Waals surface area contributed by atoms with Crippen molar-refractivity contribution in [3.8, 4) is 5.75 Å². The molecule has 0 atom stereocenters. The van der Waals surface area contributed by atoms with Crippen molar-refractivity contribution in [3.63, 3.8) is 0 Å². The van der Waals surface area contributed by atoms with Crippen LogP contribution in [0.1, 0.15) is 12.0 Å². The number of hydrogen-bond acceptors (Lipinski definition) is 4. The SMILES string of the molecule is COCCOCCCNCc1cc(Br)c(OC)c(Br)c1. The molecule has 0 aliphatic carbocycles. The van der Waals surface area contributed by atoms with E-state index in [4.69, 9.17) is 14.2 Å². The highest BCUT2D eigenvalue weighted by Crippen LogP contribution is 2.34. The van der Waals surface area contributed by atoms with E-state index in [2.05, 4.69) is 49.3 Å². The lowest BCUT2D eigenvalue weighted by Gasteiger charge is -2.10. The molecule has 0 saturated heterocycles. The molecule has 0 heterocycles. The molecule has 0 bridgehead atoms. The summed E-state index contributed by atoms with van der Waals surface area (Å²) < 4.78 is 17.5. The molecule has 0 radical (unpaired) electrons. The Balaban J connectivity index is 2.22. The Morgan fingerprint density at radius 2 is 1.75 bits per heavy atom. The van der Waals surface area contributed by atoms with Crippen molar-refractivity contribution < 1.29 is 14.2 Å². The van der Waals surface area contributed by atoms with Crippen LogP contribution in [0.15, 0.2) is 21.1 Å². The number of benzene rings is 1. The minimum Gasteiger partial charge on any atom is -0.494 e. The lowest BCUT2D eigenvalue weighted by Crippen LogP contribution is -2.17. The van der Waals surface area contributed by atoms with Gasteiger partial charge in [-0.3, -0.25) is 0 Å². The molecule has 0 saturated carbocycles. The molecule has 1 aromatic rings. The molecular weight excluding hydrogens is 390 g/mol. The summed E-state index contributed by atoms with van der Waals surface area (Å²) >= 11 is 7.00. The van der Waals surface area contributed by atoms with Gasteiger partial charge in [0.2, 0.25) is 0 Å². The second kappa shape index (κ2) is 10.6. The fourth-order valence-electron chi connectivity index (χ4n) is 1.69. The van der Waals surface area contributed by atoms with E-state index < -0.39 is 0 Å². The third-order valence-corrected chi connectivity index (χ3v) is 3.84. The number of hydrogen-bond donors (Lipinski definition) is 1. The Kier molecular flexibility index (Phi) is 9.46. The van der Waals surface area contributed by atoms with Gasteiger partial charge in [-0.2, -0.15) is 0 Å². The maximum absolute atomic E-state index is 5.40. The molecule has 0 unspecified atom stereocenters. The van der Waals surface area contributed by atoms with Crippen molar-refractivity contribution in [2.75, 3.05) is 40.6 Å². The van der Waals surface area contributed by atoms with Gasteiger partial charge in [-0.15, -0.1) is 0 Å². The quantitative estimate of drug-likeness (QED) is 0.600. The molecule has 1 N–H and O–H groups in total. The van der Waals surface area contributed by atoms with Crippen molar-refractivity contribution in [2.45, 2.75) is 13.0 Å². The third kappa shape index (κ3) is 6.54. The molecule has 4 nitrogen and oxygen atoms in total. The highest BCUT2D eigenvalue weighted by Gasteiger charge is 2.07. The van der Waals surface area contributed by atoms with Crippen LogP contribution in [0.4, 0.5) is 0 Å². The molecule has 0 spiro atoms. The van der Waals surface area contributed by atoms with Crippen molar-refractivity contribution in [2.24, 2.45) is 0 Å². The molecule has 1 aromatic carbocycles. The Morgan fingerprint density at radius 3 is 2.35 bits per heavy atom. The molecular formula is C14H21Br2NO3. The van der Waals surface area contributed by atoms with E-state index in [9.17, 15) is 0 Å². The number of methoxy groups -OCH3 is 2. The van der Waals surface area contributed by atoms with Gasteiger partial charge >= 0.3 is 0 Å². The van der Waals surface area contributed by atoms with Crippen LogP contribution in [0, 0.1) is 0 Å². The van der Waals surface area contributed by atoms with E-state index in [-0.39, 0.29) is 0 Å². The molecule has 0 amide bonds. The largest absolute Gasteiger partial charge is 0.494 e. The summed E-state index contributed by atoms with van der Waals surface area (Å²) in [5.41, 5.74) is 1.20. The van der Waals surface area contributed by atoms with E-state index >= 15 is 0 Å². The minimum atomic E-state index is 0.654. The summed E-state index contributed by atoms with van der Waals surface area (Å²) in [6.07, 6.45) is 0.988. The summed E-state index contributed by atoms with van der Waals surface area (Å²) in [6, 6.07) is 4.12. The summed E-state index contributed by atoms with van der Waals surface area (Å²) in [5, 5.41) is 3.39. The van der Waals surface area contributed by atoms with Gasteiger partial charge < -0.3 is 19.5 Å². The van der Waals surface area contributed by atoms with Crippen LogP contribution in [0.3, 0.4) is 0 Å². The topological polar surface area (TPSA) is 39.7 Å². The van der Waals surface area contributed by atoms with Gasteiger partial charge in [0.1, 0.15) is 5.75 Å². The van der Waals surface area contributed by atoms with Crippen LogP contribution < -0.4 is 10.1 Å². The number of nitrogens with one attached hydrogen (secondary N) is 1. The zero-order valence-electron chi connectivity index (χ0n) is 11.9. The summed E-state index contributed by atoms with van der Waals surface area (Å²) in [7, 11) is 3.34. The lowest BCUT2D eigenvalue weighted by molar-refractivity contribution is 0.0695. The van der Waals surface area contributed by atoms with Crippen molar-refractivity contribution >= 4 is 31.9 Å².